The fraction of sp³-hybridized carbons (Fsp3) is 0.545. The van der Waals surface area contributed by atoms with Crippen molar-refractivity contribution in [1.29, 1.82) is 0 Å². The quantitative estimate of drug-likeness (QED) is 0.315. The van der Waals surface area contributed by atoms with Crippen LogP contribution in [-0.4, -0.2) is 24.9 Å². The van der Waals surface area contributed by atoms with Gasteiger partial charge in [-0.05, 0) is 19.9 Å². The summed E-state index contributed by atoms with van der Waals surface area (Å²) in [6.45, 7) is 6.27. The summed E-state index contributed by atoms with van der Waals surface area (Å²) in [5.74, 6) is -1.08. The van der Waals surface area contributed by atoms with Crippen LogP contribution in [-0.2, 0) is 14.3 Å². The van der Waals surface area contributed by atoms with Crippen molar-refractivity contribution >= 4 is 5.97 Å². The van der Waals surface area contributed by atoms with Gasteiger partial charge < -0.3 is 9.47 Å². The molecule has 0 aromatic carbocycles. The van der Waals surface area contributed by atoms with Crippen LogP contribution in [0.3, 0.4) is 0 Å². The number of hydrogen-bond donors (Lipinski definition) is 0. The van der Waals surface area contributed by atoms with E-state index in [2.05, 4.69) is 11.3 Å². The molecule has 0 radical (unpaired) electrons. The summed E-state index contributed by atoms with van der Waals surface area (Å²) in [7, 11) is 0. The van der Waals surface area contributed by atoms with Gasteiger partial charge in [0, 0.05) is 0 Å². The van der Waals surface area contributed by atoms with Crippen LogP contribution in [0.2, 0.25) is 0 Å². The van der Waals surface area contributed by atoms with Gasteiger partial charge in [0.2, 0.25) is 5.76 Å². The van der Waals surface area contributed by atoms with E-state index in [-0.39, 0.29) is 12.4 Å². The molecule has 0 heterocycles. The molecule has 0 aromatic heterocycles. The number of rotatable bonds is 6. The summed E-state index contributed by atoms with van der Waals surface area (Å²) in [5.41, 5.74) is 0. The zero-order valence-corrected chi connectivity index (χ0v) is 9.71. The summed E-state index contributed by atoms with van der Waals surface area (Å²) in [6.07, 6.45) is -4.23. The number of halogens is 3. The maximum absolute atomic E-state index is 12.1. The van der Waals surface area contributed by atoms with Gasteiger partial charge in [0.15, 0.2) is 0 Å². The maximum atomic E-state index is 12.1. The van der Waals surface area contributed by atoms with Crippen molar-refractivity contribution in [2.75, 3.05) is 6.61 Å². The third kappa shape index (κ3) is 7.43. The first-order valence-corrected chi connectivity index (χ1v) is 5.03. The Kier molecular flexibility index (Phi) is 6.38. The summed E-state index contributed by atoms with van der Waals surface area (Å²) < 4.78 is 45.7. The molecule has 0 aromatic rings. The first-order valence-electron chi connectivity index (χ1n) is 5.03. The predicted octanol–water partition coefficient (Wildman–Crippen LogP) is 2.98. The Morgan fingerprint density at radius 2 is 2.06 bits per heavy atom. The lowest BCUT2D eigenvalue weighted by Crippen LogP contribution is -2.22. The van der Waals surface area contributed by atoms with E-state index in [1.54, 1.807) is 6.92 Å². The highest BCUT2D eigenvalue weighted by Gasteiger charge is 2.31. The number of carbonyl (C=O) groups excluding carboxylic acids is 1. The van der Waals surface area contributed by atoms with E-state index in [0.29, 0.717) is 0 Å². The van der Waals surface area contributed by atoms with Crippen LogP contribution in [0, 0.1) is 0 Å². The lowest BCUT2D eigenvalue weighted by atomic mass is 10.3. The van der Waals surface area contributed by atoms with E-state index in [1.165, 1.54) is 19.1 Å². The Morgan fingerprint density at radius 3 is 2.47 bits per heavy atom. The molecular weight excluding hydrogens is 237 g/mol. The van der Waals surface area contributed by atoms with Crippen LogP contribution >= 0.6 is 0 Å². The van der Waals surface area contributed by atoms with E-state index in [1.807, 2.05) is 0 Å². The second kappa shape index (κ2) is 6.98. The summed E-state index contributed by atoms with van der Waals surface area (Å²) >= 11 is 0. The fourth-order valence-corrected chi connectivity index (χ4v) is 1.05. The van der Waals surface area contributed by atoms with Gasteiger partial charge in [-0.1, -0.05) is 12.7 Å². The van der Waals surface area contributed by atoms with Gasteiger partial charge in [0.05, 0.1) is 13.0 Å². The Hall–Kier alpha value is -1.46. The molecule has 0 spiro atoms. The maximum Gasteiger partial charge on any atom is 0.392 e. The average molecular weight is 252 g/mol. The molecule has 0 aliphatic heterocycles. The van der Waals surface area contributed by atoms with Crippen molar-refractivity contribution in [3.05, 3.63) is 24.5 Å². The summed E-state index contributed by atoms with van der Waals surface area (Å²) in [6, 6.07) is 0. The van der Waals surface area contributed by atoms with Gasteiger partial charge in [-0.25, -0.2) is 4.79 Å². The average Bonchev–Trinajstić information content (AvgIpc) is 2.14. The zero-order chi connectivity index (χ0) is 13.5. The van der Waals surface area contributed by atoms with Gasteiger partial charge in [-0.15, -0.1) is 0 Å². The van der Waals surface area contributed by atoms with Gasteiger partial charge in [-0.3, -0.25) is 0 Å². The highest BCUT2D eigenvalue weighted by atomic mass is 19.4. The van der Waals surface area contributed by atoms with Crippen LogP contribution in [0.25, 0.3) is 0 Å². The Morgan fingerprint density at radius 1 is 1.47 bits per heavy atom. The molecule has 0 saturated heterocycles. The Bertz CT molecular complexity index is 295. The van der Waals surface area contributed by atoms with E-state index in [4.69, 9.17) is 4.74 Å². The number of carbonyl (C=O) groups is 1. The minimum atomic E-state index is -4.34. The SMILES string of the molecule is C=C/C=C(\OC(C)CC(F)(F)F)C(=O)OCC. The zero-order valence-electron chi connectivity index (χ0n) is 9.71. The molecule has 0 amide bonds. The van der Waals surface area contributed by atoms with Crippen LogP contribution in [0.1, 0.15) is 20.3 Å². The van der Waals surface area contributed by atoms with E-state index < -0.39 is 24.7 Å². The van der Waals surface area contributed by atoms with Gasteiger partial charge >= 0.3 is 12.1 Å². The minimum absolute atomic E-state index is 0.115. The molecule has 0 saturated carbocycles. The second-order valence-electron chi connectivity index (χ2n) is 3.23. The van der Waals surface area contributed by atoms with Gasteiger partial charge in [0.25, 0.3) is 0 Å². The number of ether oxygens (including phenoxy) is 2. The highest BCUT2D eigenvalue weighted by Crippen LogP contribution is 2.24. The van der Waals surface area contributed by atoms with Crippen molar-refractivity contribution in [2.45, 2.75) is 32.5 Å². The number of esters is 1. The lowest BCUT2D eigenvalue weighted by molar-refractivity contribution is -0.160. The molecule has 0 aliphatic rings. The number of hydrogen-bond acceptors (Lipinski definition) is 3. The van der Waals surface area contributed by atoms with Gasteiger partial charge in [-0.2, -0.15) is 13.2 Å². The summed E-state index contributed by atoms with van der Waals surface area (Å²) in [5, 5.41) is 0. The second-order valence-corrected chi connectivity index (χ2v) is 3.23. The molecule has 0 aliphatic carbocycles. The third-order valence-corrected chi connectivity index (χ3v) is 1.59. The van der Waals surface area contributed by atoms with Crippen LogP contribution in [0.15, 0.2) is 24.5 Å². The van der Waals surface area contributed by atoms with Crippen molar-refractivity contribution in [1.82, 2.24) is 0 Å². The highest BCUT2D eigenvalue weighted by molar-refractivity contribution is 5.86. The fourth-order valence-electron chi connectivity index (χ4n) is 1.05. The Balaban J connectivity index is 4.51. The van der Waals surface area contributed by atoms with Crippen molar-refractivity contribution in [3.63, 3.8) is 0 Å². The van der Waals surface area contributed by atoms with Crippen molar-refractivity contribution in [3.8, 4) is 0 Å². The van der Waals surface area contributed by atoms with Crippen molar-refractivity contribution in [2.24, 2.45) is 0 Å². The summed E-state index contributed by atoms with van der Waals surface area (Å²) in [4.78, 5) is 11.3. The third-order valence-electron chi connectivity index (χ3n) is 1.59. The molecule has 6 heteroatoms. The first-order chi connectivity index (χ1) is 7.80. The molecule has 17 heavy (non-hydrogen) atoms. The first kappa shape index (κ1) is 15.5. The number of alkyl halides is 3. The van der Waals surface area contributed by atoms with Crippen LogP contribution in [0.4, 0.5) is 13.2 Å². The van der Waals surface area contributed by atoms with Crippen molar-refractivity contribution < 1.29 is 27.4 Å². The molecule has 0 bridgehead atoms. The molecule has 0 fully saturated rings. The van der Waals surface area contributed by atoms with Gasteiger partial charge in [0.1, 0.15) is 6.10 Å². The normalized spacial score (nSPS) is 14.1. The lowest BCUT2D eigenvalue weighted by Gasteiger charge is -2.17. The molecule has 0 rings (SSSR count). The minimum Gasteiger partial charge on any atom is -0.483 e. The largest absolute Gasteiger partial charge is 0.483 e. The number of allylic oxidation sites excluding steroid dienone is 2. The van der Waals surface area contributed by atoms with E-state index >= 15 is 0 Å². The standard InChI is InChI=1S/C11H15F3O3/c1-4-6-9(10(15)16-5-2)17-8(3)7-11(12,13)14/h4,6,8H,1,5,7H2,2-3H3/b9-6-. The molecule has 3 nitrogen and oxygen atoms in total. The molecular formula is C11H15F3O3. The smallest absolute Gasteiger partial charge is 0.392 e. The topological polar surface area (TPSA) is 35.5 Å². The Labute approximate surface area is 97.9 Å². The van der Waals surface area contributed by atoms with E-state index in [9.17, 15) is 18.0 Å². The molecule has 0 N–H and O–H groups in total. The molecule has 1 unspecified atom stereocenters. The van der Waals surface area contributed by atoms with Crippen LogP contribution in [0.5, 0.6) is 0 Å². The molecule has 1 atom stereocenters. The monoisotopic (exact) mass is 252 g/mol. The predicted molar refractivity (Wildman–Crippen MR) is 56.1 cm³/mol. The van der Waals surface area contributed by atoms with E-state index in [0.717, 1.165) is 0 Å². The molecule has 98 valence electrons. The van der Waals surface area contributed by atoms with Crippen LogP contribution < -0.4 is 0 Å².